The number of thiophene rings is 1. The molecule has 0 fully saturated rings. The molecule has 1 nitrogen and oxygen atoms in total. The van der Waals surface area contributed by atoms with Gasteiger partial charge in [0.15, 0.2) is 11.6 Å². The van der Waals surface area contributed by atoms with Crippen LogP contribution in [0.3, 0.4) is 0 Å². The van der Waals surface area contributed by atoms with Gasteiger partial charge in [0, 0.05) is 10.8 Å². The Balaban J connectivity index is 2.11. The molecule has 0 amide bonds. The topological polar surface area (TPSA) is 9.23 Å². The summed E-state index contributed by atoms with van der Waals surface area (Å²) in [6.45, 7) is 4.35. The van der Waals surface area contributed by atoms with Gasteiger partial charge in [0.25, 0.3) is 0 Å². The normalized spacial score (nSPS) is 11.5. The molecule has 0 saturated heterocycles. The number of halogens is 2. The summed E-state index contributed by atoms with van der Waals surface area (Å²) in [4.78, 5) is 0. The van der Waals surface area contributed by atoms with Gasteiger partial charge >= 0.3 is 0 Å². The van der Waals surface area contributed by atoms with Crippen LogP contribution in [0.25, 0.3) is 20.2 Å². The summed E-state index contributed by atoms with van der Waals surface area (Å²) in [7, 11) is 0. The van der Waals surface area contributed by atoms with E-state index in [2.05, 4.69) is 6.92 Å². The number of benzene rings is 2. The van der Waals surface area contributed by atoms with Crippen LogP contribution in [-0.4, -0.2) is 6.61 Å². The Morgan fingerprint density at radius 3 is 2.30 bits per heavy atom. The zero-order valence-electron chi connectivity index (χ0n) is 13.4. The Bertz CT molecular complexity index is 838. The summed E-state index contributed by atoms with van der Waals surface area (Å²) < 4.78 is 35.6. The third-order valence-corrected chi connectivity index (χ3v) is 5.29. The maximum absolute atomic E-state index is 14.8. The maximum Gasteiger partial charge on any atom is 0.182 e. The number of aryl methyl sites for hydroxylation is 1. The Morgan fingerprint density at radius 1 is 0.913 bits per heavy atom. The minimum Gasteiger partial charge on any atom is -0.491 e. The fourth-order valence-corrected chi connectivity index (χ4v) is 4.08. The lowest BCUT2D eigenvalue weighted by atomic mass is 10.0. The minimum atomic E-state index is -0.391. The number of rotatable bonds is 6. The van der Waals surface area contributed by atoms with Gasteiger partial charge in [-0.15, -0.1) is 11.3 Å². The summed E-state index contributed by atoms with van der Waals surface area (Å²) in [5.74, 6) is -0.357. The van der Waals surface area contributed by atoms with Crippen molar-refractivity contribution in [3.63, 3.8) is 0 Å². The molecule has 0 atom stereocenters. The highest BCUT2D eigenvalue weighted by Crippen LogP contribution is 2.40. The van der Waals surface area contributed by atoms with E-state index in [-0.39, 0.29) is 11.6 Å². The van der Waals surface area contributed by atoms with Crippen LogP contribution in [0.2, 0.25) is 0 Å². The number of unbranched alkanes of at least 4 members (excludes halogenated alkanes) is 2. The fourth-order valence-electron chi connectivity index (χ4n) is 2.89. The molecule has 0 unspecified atom stereocenters. The maximum atomic E-state index is 14.8. The highest BCUT2D eigenvalue weighted by Gasteiger charge is 2.17. The second-order valence-electron chi connectivity index (χ2n) is 5.66. The average molecular weight is 334 g/mol. The van der Waals surface area contributed by atoms with Crippen molar-refractivity contribution >= 4 is 31.5 Å². The molecular weight excluding hydrogens is 314 g/mol. The van der Waals surface area contributed by atoms with Gasteiger partial charge in [0.05, 0.1) is 16.0 Å². The van der Waals surface area contributed by atoms with Crippen molar-refractivity contribution in [3.8, 4) is 5.75 Å². The van der Waals surface area contributed by atoms with E-state index in [1.54, 1.807) is 6.07 Å². The van der Waals surface area contributed by atoms with E-state index < -0.39 is 5.82 Å². The standard InChI is InChI=1S/C19H20F2OS/c1-3-5-6-7-12-8-9-13-14-10-11-15(22-4-2)17(21)19(14)23-18(13)16(12)20/h8-11H,3-7H2,1-2H3. The van der Waals surface area contributed by atoms with Crippen LogP contribution < -0.4 is 4.74 Å². The van der Waals surface area contributed by atoms with Crippen molar-refractivity contribution in [1.82, 2.24) is 0 Å². The zero-order chi connectivity index (χ0) is 16.4. The van der Waals surface area contributed by atoms with Gasteiger partial charge < -0.3 is 4.74 Å². The molecule has 1 aromatic heterocycles. The predicted molar refractivity (Wildman–Crippen MR) is 93.6 cm³/mol. The van der Waals surface area contributed by atoms with Gasteiger partial charge in [-0.05, 0) is 37.5 Å². The van der Waals surface area contributed by atoms with Crippen LogP contribution in [0.4, 0.5) is 8.78 Å². The van der Waals surface area contributed by atoms with Crippen molar-refractivity contribution in [2.24, 2.45) is 0 Å². The van der Waals surface area contributed by atoms with Gasteiger partial charge in [0.2, 0.25) is 0 Å². The molecule has 0 spiro atoms. The monoisotopic (exact) mass is 334 g/mol. The second-order valence-corrected chi connectivity index (χ2v) is 6.68. The van der Waals surface area contributed by atoms with Gasteiger partial charge in [-0.1, -0.05) is 31.9 Å². The molecule has 3 aromatic rings. The first-order valence-electron chi connectivity index (χ1n) is 8.12. The molecule has 122 valence electrons. The van der Waals surface area contributed by atoms with Gasteiger partial charge in [-0.2, -0.15) is 0 Å². The van der Waals surface area contributed by atoms with Crippen LogP contribution in [0.15, 0.2) is 24.3 Å². The SMILES string of the molecule is CCCCCc1ccc2c(sc3c(F)c(OCC)ccc32)c1F. The lowest BCUT2D eigenvalue weighted by Gasteiger charge is -2.04. The Labute approximate surface area is 138 Å². The molecule has 3 rings (SSSR count). The molecule has 1 heterocycles. The smallest absolute Gasteiger partial charge is 0.182 e. The van der Waals surface area contributed by atoms with Gasteiger partial charge in [-0.25, -0.2) is 8.78 Å². The van der Waals surface area contributed by atoms with E-state index >= 15 is 0 Å². The predicted octanol–water partition coefficient (Wildman–Crippen LogP) is 6.46. The Morgan fingerprint density at radius 2 is 1.61 bits per heavy atom. The van der Waals surface area contributed by atoms with Crippen molar-refractivity contribution in [2.75, 3.05) is 6.61 Å². The first-order valence-corrected chi connectivity index (χ1v) is 8.93. The van der Waals surface area contributed by atoms with E-state index in [4.69, 9.17) is 4.74 Å². The molecule has 0 aliphatic heterocycles. The molecule has 0 bridgehead atoms. The third-order valence-electron chi connectivity index (χ3n) is 4.08. The number of fused-ring (bicyclic) bond motifs is 3. The number of ether oxygens (including phenoxy) is 1. The molecule has 0 radical (unpaired) electrons. The van der Waals surface area contributed by atoms with Crippen molar-refractivity contribution in [2.45, 2.75) is 39.5 Å². The Kier molecular flexibility index (Phi) is 4.81. The summed E-state index contributed by atoms with van der Waals surface area (Å²) in [6, 6.07) is 7.20. The lowest BCUT2D eigenvalue weighted by molar-refractivity contribution is 0.323. The van der Waals surface area contributed by atoms with E-state index in [0.717, 1.165) is 42.0 Å². The molecule has 23 heavy (non-hydrogen) atoms. The van der Waals surface area contributed by atoms with Gasteiger partial charge in [0.1, 0.15) is 5.82 Å². The highest BCUT2D eigenvalue weighted by atomic mass is 32.1. The fraction of sp³-hybridized carbons (Fsp3) is 0.368. The molecule has 0 aliphatic carbocycles. The molecular formula is C19H20F2OS. The highest BCUT2D eigenvalue weighted by molar-refractivity contribution is 7.25. The summed E-state index contributed by atoms with van der Waals surface area (Å²) in [5, 5.41) is 1.54. The minimum absolute atomic E-state index is 0.197. The van der Waals surface area contributed by atoms with E-state index in [0.29, 0.717) is 16.0 Å². The van der Waals surface area contributed by atoms with Gasteiger partial charge in [-0.3, -0.25) is 0 Å². The first-order chi connectivity index (χ1) is 11.2. The lowest BCUT2D eigenvalue weighted by Crippen LogP contribution is -1.93. The summed E-state index contributed by atoms with van der Waals surface area (Å²) in [5.41, 5.74) is 0.725. The Hall–Kier alpha value is -1.68. The molecule has 4 heteroatoms. The van der Waals surface area contributed by atoms with E-state index in [9.17, 15) is 8.78 Å². The third kappa shape index (κ3) is 2.92. The largest absolute Gasteiger partial charge is 0.491 e. The van der Waals surface area contributed by atoms with Crippen LogP contribution in [0.1, 0.15) is 38.7 Å². The zero-order valence-corrected chi connectivity index (χ0v) is 14.2. The number of hydrogen-bond donors (Lipinski definition) is 0. The van der Waals surface area contributed by atoms with Crippen molar-refractivity contribution < 1.29 is 13.5 Å². The van der Waals surface area contributed by atoms with Crippen LogP contribution in [0.5, 0.6) is 5.75 Å². The number of hydrogen-bond acceptors (Lipinski definition) is 2. The van der Waals surface area contributed by atoms with Crippen LogP contribution in [-0.2, 0) is 6.42 Å². The van der Waals surface area contributed by atoms with E-state index in [1.165, 1.54) is 11.3 Å². The molecule has 2 aromatic carbocycles. The summed E-state index contributed by atoms with van der Waals surface area (Å²) >= 11 is 1.18. The second kappa shape index (κ2) is 6.83. The van der Waals surface area contributed by atoms with Crippen LogP contribution >= 0.6 is 11.3 Å². The van der Waals surface area contributed by atoms with Crippen LogP contribution in [0, 0.1) is 11.6 Å². The first kappa shape index (κ1) is 16.2. The quantitative estimate of drug-likeness (QED) is 0.470. The molecule has 0 N–H and O–H groups in total. The molecule has 0 saturated carbocycles. The molecule has 0 aliphatic rings. The van der Waals surface area contributed by atoms with Crippen molar-refractivity contribution in [3.05, 3.63) is 41.5 Å². The van der Waals surface area contributed by atoms with E-state index in [1.807, 2.05) is 25.1 Å². The van der Waals surface area contributed by atoms with Crippen molar-refractivity contribution in [1.29, 1.82) is 0 Å². The summed E-state index contributed by atoms with van der Waals surface area (Å²) in [6.07, 6.45) is 3.91. The average Bonchev–Trinajstić information content (AvgIpc) is 2.93.